The molecule has 1 N–H and O–H groups in total. The highest BCUT2D eigenvalue weighted by Crippen LogP contribution is 2.27. The zero-order chi connectivity index (χ0) is 17.4. The van der Waals surface area contributed by atoms with Gasteiger partial charge in [-0.2, -0.15) is 5.26 Å². The lowest BCUT2D eigenvalue weighted by atomic mass is 10.1. The van der Waals surface area contributed by atoms with Crippen LogP contribution < -0.4 is 10.2 Å². The van der Waals surface area contributed by atoms with Crippen molar-refractivity contribution in [2.75, 3.05) is 23.3 Å². The smallest absolute Gasteiger partial charge is 0.153 e. The van der Waals surface area contributed by atoms with Crippen molar-refractivity contribution < 1.29 is 4.39 Å². The number of hydrogen-bond acceptors (Lipinski definition) is 5. The maximum Gasteiger partial charge on any atom is 0.153 e. The maximum absolute atomic E-state index is 13.8. The van der Waals surface area contributed by atoms with Crippen LogP contribution in [0.4, 0.5) is 15.9 Å². The summed E-state index contributed by atoms with van der Waals surface area (Å²) >= 11 is 0. The quantitative estimate of drug-likeness (QED) is 0.796. The summed E-state index contributed by atoms with van der Waals surface area (Å²) < 4.78 is 15.6. The molecule has 6 nitrogen and oxygen atoms in total. The van der Waals surface area contributed by atoms with Gasteiger partial charge in [-0.1, -0.05) is 6.07 Å². The van der Waals surface area contributed by atoms with Crippen LogP contribution in [0.25, 0.3) is 5.65 Å². The maximum atomic E-state index is 13.8. The van der Waals surface area contributed by atoms with Crippen molar-refractivity contribution in [1.82, 2.24) is 14.6 Å². The van der Waals surface area contributed by atoms with Crippen LogP contribution in [0.3, 0.4) is 0 Å². The number of benzene rings is 1. The summed E-state index contributed by atoms with van der Waals surface area (Å²) in [5, 5.41) is 17.1. The van der Waals surface area contributed by atoms with Gasteiger partial charge in [-0.15, -0.1) is 5.10 Å². The fourth-order valence-electron chi connectivity index (χ4n) is 3.27. The molecular formula is C18H17FN6. The predicted molar refractivity (Wildman–Crippen MR) is 93.1 cm³/mol. The van der Waals surface area contributed by atoms with E-state index >= 15 is 0 Å². The fraction of sp³-hybridized carbons (Fsp3) is 0.278. The number of fused-ring (bicyclic) bond motifs is 1. The first kappa shape index (κ1) is 15.4. The SMILES string of the molecule is Cc1cn2nc(NC3CCN(c4cccc(F)c4C#N)C3)ccc2n1. The zero-order valence-electron chi connectivity index (χ0n) is 13.8. The molecule has 0 aliphatic carbocycles. The first-order chi connectivity index (χ1) is 12.1. The number of anilines is 2. The first-order valence-electron chi connectivity index (χ1n) is 8.17. The van der Waals surface area contributed by atoms with Crippen molar-refractivity contribution in [1.29, 1.82) is 5.26 Å². The minimum Gasteiger partial charge on any atom is -0.368 e. The van der Waals surface area contributed by atoms with Crippen LogP contribution >= 0.6 is 0 Å². The number of imidazole rings is 1. The van der Waals surface area contributed by atoms with Crippen LogP contribution in [0.1, 0.15) is 17.7 Å². The van der Waals surface area contributed by atoms with Crippen molar-refractivity contribution in [3.8, 4) is 6.07 Å². The molecule has 4 rings (SSSR count). The predicted octanol–water partition coefficient (Wildman–Crippen LogP) is 2.74. The standard InChI is InChI=1S/C18H17FN6/c1-12-10-25-18(21-12)6-5-17(23-25)22-13-7-8-24(11-13)16-4-2-3-15(19)14(16)9-20/h2-6,10,13H,7-8,11H2,1H3,(H,22,23). The van der Waals surface area contributed by atoms with Gasteiger partial charge in [0.15, 0.2) is 5.65 Å². The van der Waals surface area contributed by atoms with Crippen molar-refractivity contribution in [3.05, 3.63) is 53.6 Å². The van der Waals surface area contributed by atoms with Gasteiger partial charge in [0.25, 0.3) is 0 Å². The van der Waals surface area contributed by atoms with Crippen molar-refractivity contribution in [2.24, 2.45) is 0 Å². The number of rotatable bonds is 3. The number of halogens is 1. The average Bonchev–Trinajstić information content (AvgIpc) is 3.20. The van der Waals surface area contributed by atoms with Crippen LogP contribution in [0.5, 0.6) is 0 Å². The van der Waals surface area contributed by atoms with E-state index in [4.69, 9.17) is 0 Å². The number of nitrogens with zero attached hydrogens (tertiary/aromatic N) is 5. The Morgan fingerprint density at radius 2 is 2.20 bits per heavy atom. The van der Waals surface area contributed by atoms with Crippen molar-refractivity contribution in [3.63, 3.8) is 0 Å². The third-order valence-corrected chi connectivity index (χ3v) is 4.42. The van der Waals surface area contributed by atoms with Crippen LogP contribution in [0, 0.1) is 24.1 Å². The van der Waals surface area contributed by atoms with Crippen molar-refractivity contribution in [2.45, 2.75) is 19.4 Å². The van der Waals surface area contributed by atoms with Crippen LogP contribution in [0.15, 0.2) is 36.5 Å². The Hall–Kier alpha value is -3.14. The molecule has 1 atom stereocenters. The van der Waals surface area contributed by atoms with E-state index in [1.165, 1.54) is 6.07 Å². The van der Waals surface area contributed by atoms with Gasteiger partial charge in [-0.05, 0) is 37.6 Å². The molecule has 25 heavy (non-hydrogen) atoms. The van der Waals surface area contributed by atoms with Gasteiger partial charge in [0.1, 0.15) is 23.3 Å². The topological polar surface area (TPSA) is 69.2 Å². The monoisotopic (exact) mass is 336 g/mol. The molecule has 1 fully saturated rings. The largest absolute Gasteiger partial charge is 0.368 e. The molecule has 1 aliphatic heterocycles. The third kappa shape index (κ3) is 2.87. The zero-order valence-corrected chi connectivity index (χ0v) is 13.8. The van der Waals surface area contributed by atoms with E-state index in [1.54, 1.807) is 16.6 Å². The van der Waals surface area contributed by atoms with E-state index in [0.29, 0.717) is 12.2 Å². The number of hydrogen-bond donors (Lipinski definition) is 1. The molecule has 0 saturated carbocycles. The first-order valence-corrected chi connectivity index (χ1v) is 8.17. The van der Waals surface area contributed by atoms with E-state index in [1.807, 2.05) is 36.2 Å². The molecule has 1 aliphatic rings. The molecule has 7 heteroatoms. The highest BCUT2D eigenvalue weighted by Gasteiger charge is 2.25. The molecule has 0 radical (unpaired) electrons. The molecule has 1 aromatic carbocycles. The minimum absolute atomic E-state index is 0.108. The third-order valence-electron chi connectivity index (χ3n) is 4.42. The minimum atomic E-state index is -0.473. The van der Waals surface area contributed by atoms with E-state index in [-0.39, 0.29) is 11.6 Å². The Morgan fingerprint density at radius 3 is 3.04 bits per heavy atom. The number of aryl methyl sites for hydroxylation is 1. The van der Waals surface area contributed by atoms with E-state index in [2.05, 4.69) is 15.4 Å². The summed E-state index contributed by atoms with van der Waals surface area (Å²) in [7, 11) is 0. The number of nitriles is 1. The van der Waals surface area contributed by atoms with Gasteiger partial charge in [0, 0.05) is 19.1 Å². The van der Waals surface area contributed by atoms with Crippen LogP contribution in [0.2, 0.25) is 0 Å². The summed E-state index contributed by atoms with van der Waals surface area (Å²) in [4.78, 5) is 6.40. The second kappa shape index (κ2) is 6.06. The Balaban J connectivity index is 1.50. The Labute approximate surface area is 144 Å². The Kier molecular flexibility index (Phi) is 3.73. The lowest BCUT2D eigenvalue weighted by molar-refractivity contribution is 0.623. The summed E-state index contributed by atoms with van der Waals surface area (Å²) in [6.07, 6.45) is 2.78. The molecule has 2 aromatic heterocycles. The molecule has 0 bridgehead atoms. The van der Waals surface area contributed by atoms with Crippen LogP contribution in [-0.4, -0.2) is 33.7 Å². The van der Waals surface area contributed by atoms with Gasteiger partial charge in [0.05, 0.1) is 17.6 Å². The molecule has 0 spiro atoms. The second-order valence-electron chi connectivity index (χ2n) is 6.23. The second-order valence-corrected chi connectivity index (χ2v) is 6.23. The number of nitrogens with one attached hydrogen (secondary N) is 1. The van der Waals surface area contributed by atoms with E-state index in [0.717, 1.165) is 30.1 Å². The van der Waals surface area contributed by atoms with Crippen LogP contribution in [-0.2, 0) is 0 Å². The molecule has 0 amide bonds. The fourth-order valence-corrected chi connectivity index (χ4v) is 3.27. The molecule has 3 aromatic rings. The summed E-state index contributed by atoms with van der Waals surface area (Å²) in [5.41, 5.74) is 2.50. The lowest BCUT2D eigenvalue weighted by Gasteiger charge is -2.20. The molecule has 1 unspecified atom stereocenters. The van der Waals surface area contributed by atoms with Crippen molar-refractivity contribution >= 4 is 17.2 Å². The number of aromatic nitrogens is 3. The summed E-state index contributed by atoms with van der Waals surface area (Å²) in [6.45, 7) is 3.39. The highest BCUT2D eigenvalue weighted by molar-refractivity contribution is 5.61. The van der Waals surface area contributed by atoms with Gasteiger partial charge in [-0.3, -0.25) is 0 Å². The van der Waals surface area contributed by atoms with Gasteiger partial charge >= 0.3 is 0 Å². The normalized spacial score (nSPS) is 17.0. The highest BCUT2D eigenvalue weighted by atomic mass is 19.1. The molecule has 3 heterocycles. The van der Waals surface area contributed by atoms with E-state index < -0.39 is 5.82 Å². The van der Waals surface area contributed by atoms with Gasteiger partial charge in [-0.25, -0.2) is 13.9 Å². The summed E-state index contributed by atoms with van der Waals surface area (Å²) in [5.74, 6) is 0.301. The lowest BCUT2D eigenvalue weighted by Crippen LogP contribution is -2.27. The average molecular weight is 336 g/mol. The van der Waals surface area contributed by atoms with Gasteiger partial charge in [0.2, 0.25) is 0 Å². The molecule has 126 valence electrons. The summed E-state index contributed by atoms with van der Waals surface area (Å²) in [6, 6.07) is 10.7. The van der Waals surface area contributed by atoms with E-state index in [9.17, 15) is 9.65 Å². The molecule has 1 saturated heterocycles. The van der Waals surface area contributed by atoms with Gasteiger partial charge < -0.3 is 10.2 Å². The Morgan fingerprint density at radius 1 is 1.32 bits per heavy atom. The molecular weight excluding hydrogens is 319 g/mol. The Bertz CT molecular complexity index is 973.